The molecule has 5 atom stereocenters. The lowest BCUT2D eigenvalue weighted by atomic mass is 9.46. The molecule has 5 nitrogen and oxygen atoms in total. The zero-order chi connectivity index (χ0) is 18.5. The SMILES string of the molecule is C=C1CCC2[C@]3(C)COC(=O)O[C@@H]3CC[C@@]2(C)[C@@H]1C=CC1=CCOC1=O. The average Bonchev–Trinajstić information content (AvgIpc) is 3.00. The van der Waals surface area contributed by atoms with Crippen molar-refractivity contribution in [3.05, 3.63) is 36.0 Å². The molecule has 1 unspecified atom stereocenters. The van der Waals surface area contributed by atoms with E-state index in [9.17, 15) is 9.59 Å². The van der Waals surface area contributed by atoms with Crippen LogP contribution in [0.3, 0.4) is 0 Å². The maximum atomic E-state index is 11.7. The van der Waals surface area contributed by atoms with Gasteiger partial charge in [0.05, 0.1) is 5.57 Å². The summed E-state index contributed by atoms with van der Waals surface area (Å²) in [5.74, 6) is 0.296. The van der Waals surface area contributed by atoms with Gasteiger partial charge in [0.15, 0.2) is 0 Å². The molecule has 2 heterocycles. The molecule has 0 aromatic carbocycles. The molecular weight excluding hydrogens is 332 g/mol. The molecule has 4 rings (SSSR count). The molecule has 140 valence electrons. The Morgan fingerprint density at radius 2 is 2.00 bits per heavy atom. The van der Waals surface area contributed by atoms with Crippen molar-refractivity contribution < 1.29 is 23.8 Å². The van der Waals surface area contributed by atoms with Gasteiger partial charge >= 0.3 is 12.1 Å². The lowest BCUT2D eigenvalue weighted by molar-refractivity contribution is -0.188. The summed E-state index contributed by atoms with van der Waals surface area (Å²) >= 11 is 0. The summed E-state index contributed by atoms with van der Waals surface area (Å²) in [6.45, 7) is 9.61. The van der Waals surface area contributed by atoms with Crippen LogP contribution in [0, 0.1) is 22.7 Å². The maximum Gasteiger partial charge on any atom is 0.508 e. The van der Waals surface area contributed by atoms with Gasteiger partial charge in [0, 0.05) is 11.3 Å². The third-order valence-electron chi connectivity index (χ3n) is 7.14. The second kappa shape index (κ2) is 6.00. The Hall–Kier alpha value is -2.04. The van der Waals surface area contributed by atoms with Crippen molar-refractivity contribution in [2.75, 3.05) is 13.2 Å². The summed E-state index contributed by atoms with van der Waals surface area (Å²) in [6.07, 6.45) is 8.98. The summed E-state index contributed by atoms with van der Waals surface area (Å²) in [6, 6.07) is 0. The molecular formula is C21H26O5. The summed E-state index contributed by atoms with van der Waals surface area (Å²) < 4.78 is 15.8. The summed E-state index contributed by atoms with van der Waals surface area (Å²) in [4.78, 5) is 23.3. The predicted molar refractivity (Wildman–Crippen MR) is 95.2 cm³/mol. The minimum absolute atomic E-state index is 0.00720. The van der Waals surface area contributed by atoms with Crippen LogP contribution in [0.15, 0.2) is 36.0 Å². The monoisotopic (exact) mass is 358 g/mol. The van der Waals surface area contributed by atoms with Crippen molar-refractivity contribution in [2.45, 2.75) is 45.6 Å². The van der Waals surface area contributed by atoms with Crippen LogP contribution < -0.4 is 0 Å². The lowest BCUT2D eigenvalue weighted by Crippen LogP contribution is -2.60. The molecule has 0 aromatic rings. The van der Waals surface area contributed by atoms with E-state index in [1.807, 2.05) is 12.2 Å². The average molecular weight is 358 g/mol. The van der Waals surface area contributed by atoms with Crippen molar-refractivity contribution in [2.24, 2.45) is 22.7 Å². The molecule has 3 fully saturated rings. The Labute approximate surface area is 154 Å². The van der Waals surface area contributed by atoms with Crippen molar-refractivity contribution in [3.8, 4) is 0 Å². The number of cyclic esters (lactones) is 2. The van der Waals surface area contributed by atoms with Gasteiger partial charge in [-0.3, -0.25) is 0 Å². The quantitative estimate of drug-likeness (QED) is 0.552. The van der Waals surface area contributed by atoms with Crippen LogP contribution in [0.4, 0.5) is 4.79 Å². The normalized spacial score (nSPS) is 42.5. The van der Waals surface area contributed by atoms with E-state index in [-0.39, 0.29) is 28.8 Å². The van der Waals surface area contributed by atoms with E-state index in [4.69, 9.17) is 14.2 Å². The largest absolute Gasteiger partial charge is 0.508 e. The maximum absolute atomic E-state index is 11.7. The molecule has 0 bridgehead atoms. The molecule has 26 heavy (non-hydrogen) atoms. The van der Waals surface area contributed by atoms with Gasteiger partial charge in [0.1, 0.15) is 19.3 Å². The highest BCUT2D eigenvalue weighted by molar-refractivity contribution is 5.93. The van der Waals surface area contributed by atoms with E-state index >= 15 is 0 Å². The van der Waals surface area contributed by atoms with E-state index in [2.05, 4.69) is 26.5 Å². The van der Waals surface area contributed by atoms with Crippen molar-refractivity contribution in [1.82, 2.24) is 0 Å². The van der Waals surface area contributed by atoms with Gasteiger partial charge in [-0.25, -0.2) is 9.59 Å². The Balaban J connectivity index is 1.64. The number of ether oxygens (including phenoxy) is 3. The van der Waals surface area contributed by atoms with Gasteiger partial charge in [0.2, 0.25) is 0 Å². The predicted octanol–water partition coefficient (Wildman–Crippen LogP) is 3.95. The van der Waals surface area contributed by atoms with Crippen LogP contribution in [-0.4, -0.2) is 31.4 Å². The lowest BCUT2D eigenvalue weighted by Gasteiger charge is -2.60. The first kappa shape index (κ1) is 17.4. The first-order valence-corrected chi connectivity index (χ1v) is 9.41. The third-order valence-corrected chi connectivity index (χ3v) is 7.14. The Bertz CT molecular complexity index is 720. The van der Waals surface area contributed by atoms with E-state index in [0.717, 1.165) is 25.7 Å². The molecule has 0 spiro atoms. The summed E-state index contributed by atoms with van der Waals surface area (Å²) in [5, 5.41) is 0. The Kier molecular flexibility index (Phi) is 4.01. The van der Waals surface area contributed by atoms with Gasteiger partial charge < -0.3 is 14.2 Å². The fraction of sp³-hybridized carbons (Fsp3) is 0.619. The number of hydrogen-bond acceptors (Lipinski definition) is 5. The van der Waals surface area contributed by atoms with Crippen LogP contribution in [0.2, 0.25) is 0 Å². The van der Waals surface area contributed by atoms with Gasteiger partial charge in [0.25, 0.3) is 0 Å². The van der Waals surface area contributed by atoms with Crippen LogP contribution in [0.1, 0.15) is 39.5 Å². The van der Waals surface area contributed by atoms with Crippen LogP contribution >= 0.6 is 0 Å². The van der Waals surface area contributed by atoms with E-state index in [1.165, 1.54) is 5.57 Å². The van der Waals surface area contributed by atoms with Crippen LogP contribution in [-0.2, 0) is 19.0 Å². The van der Waals surface area contributed by atoms with E-state index in [1.54, 1.807) is 0 Å². The molecule has 2 aliphatic carbocycles. The zero-order valence-corrected chi connectivity index (χ0v) is 15.5. The fourth-order valence-corrected chi connectivity index (χ4v) is 5.72. The van der Waals surface area contributed by atoms with Crippen LogP contribution in [0.25, 0.3) is 0 Å². The number of carbonyl (C=O) groups excluding carboxylic acids is 2. The first-order valence-electron chi connectivity index (χ1n) is 9.41. The highest BCUT2D eigenvalue weighted by atomic mass is 16.7. The molecule has 2 saturated carbocycles. The second-order valence-electron chi connectivity index (χ2n) is 8.54. The highest BCUT2D eigenvalue weighted by Crippen LogP contribution is 2.62. The summed E-state index contributed by atoms with van der Waals surface area (Å²) in [5.41, 5.74) is 1.66. The number of allylic oxidation sites excluding steroid dienone is 2. The molecule has 0 N–H and O–H groups in total. The third kappa shape index (κ3) is 2.51. The zero-order valence-electron chi connectivity index (χ0n) is 15.5. The summed E-state index contributed by atoms with van der Waals surface area (Å²) in [7, 11) is 0. The molecule has 0 radical (unpaired) electrons. The van der Waals surface area contributed by atoms with E-state index < -0.39 is 6.16 Å². The van der Waals surface area contributed by atoms with Crippen molar-refractivity contribution in [1.29, 1.82) is 0 Å². The highest BCUT2D eigenvalue weighted by Gasteiger charge is 2.60. The van der Waals surface area contributed by atoms with E-state index in [0.29, 0.717) is 24.7 Å². The molecule has 1 saturated heterocycles. The molecule has 0 amide bonds. The Morgan fingerprint density at radius 3 is 2.73 bits per heavy atom. The number of hydrogen-bond donors (Lipinski definition) is 0. The fourth-order valence-electron chi connectivity index (χ4n) is 5.72. The van der Waals surface area contributed by atoms with Gasteiger partial charge in [-0.2, -0.15) is 0 Å². The van der Waals surface area contributed by atoms with Crippen LogP contribution in [0.5, 0.6) is 0 Å². The number of esters is 1. The molecule has 4 aliphatic rings. The standard InChI is InChI=1S/C21H26O5/c1-13-4-7-16-20(2,15(13)6-5-14-9-11-24-18(14)22)10-8-17-21(16,3)12-25-19(23)26-17/h5-6,9,15-17H,1,4,7-8,10-12H2,2-3H3/t15-,16?,17-,20+,21+/m1/s1. The van der Waals surface area contributed by atoms with Gasteiger partial charge in [-0.1, -0.05) is 38.2 Å². The number of carbonyl (C=O) groups is 2. The van der Waals surface area contributed by atoms with Gasteiger partial charge in [-0.15, -0.1) is 0 Å². The molecule has 5 heteroatoms. The first-order chi connectivity index (χ1) is 12.3. The minimum Gasteiger partial charge on any atom is -0.458 e. The molecule has 0 aromatic heterocycles. The Morgan fingerprint density at radius 1 is 1.19 bits per heavy atom. The topological polar surface area (TPSA) is 61.8 Å². The van der Waals surface area contributed by atoms with Crippen molar-refractivity contribution in [3.63, 3.8) is 0 Å². The minimum atomic E-state index is -0.542. The van der Waals surface area contributed by atoms with Crippen molar-refractivity contribution >= 4 is 12.1 Å². The second-order valence-corrected chi connectivity index (χ2v) is 8.54. The number of fused-ring (bicyclic) bond motifs is 3. The smallest absolute Gasteiger partial charge is 0.458 e. The molecule has 2 aliphatic heterocycles. The van der Waals surface area contributed by atoms with Gasteiger partial charge in [-0.05, 0) is 43.1 Å². The number of rotatable bonds is 2.